The summed E-state index contributed by atoms with van der Waals surface area (Å²) in [5.74, 6) is 0.121. The minimum atomic E-state index is 0.117. The molecule has 1 N–H and O–H groups in total. The highest BCUT2D eigenvalue weighted by molar-refractivity contribution is 5.81. The van der Waals surface area contributed by atoms with E-state index in [9.17, 15) is 4.79 Å². The summed E-state index contributed by atoms with van der Waals surface area (Å²) < 4.78 is 0. The summed E-state index contributed by atoms with van der Waals surface area (Å²) in [5, 5.41) is 3.47. The Morgan fingerprint density at radius 1 is 1.14 bits per heavy atom. The molecule has 21 heavy (non-hydrogen) atoms. The number of rotatable bonds is 6. The molecule has 0 radical (unpaired) electrons. The van der Waals surface area contributed by atoms with Crippen LogP contribution in [0.3, 0.4) is 0 Å². The molecule has 0 atom stereocenters. The second kappa shape index (κ2) is 7.46. The predicted molar refractivity (Wildman–Crippen MR) is 89.6 cm³/mol. The molecular weight excluding hydrogens is 262 g/mol. The van der Waals surface area contributed by atoms with Crippen molar-refractivity contribution >= 4 is 11.6 Å². The lowest BCUT2D eigenvalue weighted by molar-refractivity contribution is -0.127. The van der Waals surface area contributed by atoms with Crippen LogP contribution < -0.4 is 10.2 Å². The van der Waals surface area contributed by atoms with Crippen molar-refractivity contribution in [2.45, 2.75) is 39.8 Å². The topological polar surface area (TPSA) is 35.6 Å². The SMILES string of the molecule is CCN(CC(=O)N(C)C)c1ccc(CNC(C)(C)C)cc1. The first-order chi connectivity index (χ1) is 9.73. The standard InChI is InChI=1S/C17H29N3O/c1-7-20(13-16(21)19(5)6)15-10-8-14(9-11-15)12-18-17(2,3)4/h8-11,18H,7,12-13H2,1-6H3. The van der Waals surface area contributed by atoms with Gasteiger partial charge in [0, 0.05) is 38.4 Å². The van der Waals surface area contributed by atoms with Gasteiger partial charge in [0.25, 0.3) is 0 Å². The third-order valence-corrected chi connectivity index (χ3v) is 3.33. The number of hydrogen-bond donors (Lipinski definition) is 1. The summed E-state index contributed by atoms with van der Waals surface area (Å²) in [5.41, 5.74) is 2.46. The van der Waals surface area contributed by atoms with E-state index in [4.69, 9.17) is 0 Å². The van der Waals surface area contributed by atoms with Gasteiger partial charge in [0.2, 0.25) is 5.91 Å². The molecule has 118 valence electrons. The van der Waals surface area contributed by atoms with Crippen molar-refractivity contribution in [1.29, 1.82) is 0 Å². The summed E-state index contributed by atoms with van der Waals surface area (Å²) in [6, 6.07) is 8.42. The van der Waals surface area contributed by atoms with Gasteiger partial charge in [-0.3, -0.25) is 4.79 Å². The Kier molecular flexibility index (Phi) is 6.21. The number of carbonyl (C=O) groups excluding carboxylic acids is 1. The predicted octanol–water partition coefficient (Wildman–Crippen LogP) is 2.49. The Morgan fingerprint density at radius 3 is 2.14 bits per heavy atom. The molecule has 1 aromatic carbocycles. The van der Waals surface area contributed by atoms with Gasteiger partial charge in [-0.2, -0.15) is 0 Å². The van der Waals surface area contributed by atoms with Crippen molar-refractivity contribution in [2.24, 2.45) is 0 Å². The van der Waals surface area contributed by atoms with Crippen LogP contribution in [0, 0.1) is 0 Å². The number of hydrogen-bond acceptors (Lipinski definition) is 3. The summed E-state index contributed by atoms with van der Waals surface area (Å²) in [6.45, 7) is 10.6. The largest absolute Gasteiger partial charge is 0.362 e. The Hall–Kier alpha value is -1.55. The summed E-state index contributed by atoms with van der Waals surface area (Å²) >= 11 is 0. The van der Waals surface area contributed by atoms with Crippen molar-refractivity contribution in [2.75, 3.05) is 32.1 Å². The lowest BCUT2D eigenvalue weighted by Crippen LogP contribution is -2.36. The highest BCUT2D eigenvalue weighted by atomic mass is 16.2. The van der Waals surface area contributed by atoms with Gasteiger partial charge in [-0.05, 0) is 45.4 Å². The molecule has 0 saturated carbocycles. The van der Waals surface area contributed by atoms with Crippen LogP contribution in [0.1, 0.15) is 33.3 Å². The van der Waals surface area contributed by atoms with Crippen molar-refractivity contribution in [3.05, 3.63) is 29.8 Å². The van der Waals surface area contributed by atoms with Crippen molar-refractivity contribution in [1.82, 2.24) is 10.2 Å². The normalized spacial score (nSPS) is 11.3. The van der Waals surface area contributed by atoms with Gasteiger partial charge in [-0.15, -0.1) is 0 Å². The monoisotopic (exact) mass is 291 g/mol. The van der Waals surface area contributed by atoms with E-state index in [1.54, 1.807) is 19.0 Å². The maximum absolute atomic E-state index is 11.8. The average molecular weight is 291 g/mol. The second-order valence-electron chi connectivity index (χ2n) is 6.57. The van der Waals surface area contributed by atoms with Crippen molar-refractivity contribution in [3.63, 3.8) is 0 Å². The molecule has 0 saturated heterocycles. The Balaban J connectivity index is 2.68. The van der Waals surface area contributed by atoms with E-state index in [-0.39, 0.29) is 11.4 Å². The van der Waals surface area contributed by atoms with Gasteiger partial charge in [-0.25, -0.2) is 0 Å². The maximum atomic E-state index is 11.8. The van der Waals surface area contributed by atoms with Gasteiger partial charge in [-0.1, -0.05) is 12.1 Å². The Bertz CT molecular complexity index is 446. The summed E-state index contributed by atoms with van der Waals surface area (Å²) in [4.78, 5) is 15.6. The summed E-state index contributed by atoms with van der Waals surface area (Å²) in [6.07, 6.45) is 0. The third kappa shape index (κ3) is 6.17. The zero-order valence-corrected chi connectivity index (χ0v) is 14.2. The molecule has 0 aliphatic carbocycles. The van der Waals surface area contributed by atoms with Gasteiger partial charge in [0.1, 0.15) is 0 Å². The molecule has 0 heterocycles. The lowest BCUT2D eigenvalue weighted by atomic mass is 10.1. The van der Waals surface area contributed by atoms with Crippen LogP contribution in [0.5, 0.6) is 0 Å². The fourth-order valence-electron chi connectivity index (χ4n) is 1.88. The van der Waals surface area contributed by atoms with Crippen LogP contribution in [0.2, 0.25) is 0 Å². The number of nitrogens with one attached hydrogen (secondary N) is 1. The van der Waals surface area contributed by atoms with E-state index in [1.165, 1.54) is 5.56 Å². The smallest absolute Gasteiger partial charge is 0.241 e. The fraction of sp³-hybridized carbons (Fsp3) is 0.588. The van der Waals surface area contributed by atoms with E-state index in [0.717, 1.165) is 18.8 Å². The van der Waals surface area contributed by atoms with Crippen LogP contribution in [0.15, 0.2) is 24.3 Å². The van der Waals surface area contributed by atoms with E-state index in [2.05, 4.69) is 62.2 Å². The number of carbonyl (C=O) groups is 1. The van der Waals surface area contributed by atoms with Crippen molar-refractivity contribution < 1.29 is 4.79 Å². The van der Waals surface area contributed by atoms with E-state index in [0.29, 0.717) is 6.54 Å². The number of anilines is 1. The number of benzene rings is 1. The molecule has 0 aliphatic rings. The van der Waals surface area contributed by atoms with Gasteiger partial charge in [0.05, 0.1) is 6.54 Å². The molecule has 0 bridgehead atoms. The Labute approximate surface area is 129 Å². The molecule has 0 fully saturated rings. The van der Waals surface area contributed by atoms with Crippen molar-refractivity contribution in [3.8, 4) is 0 Å². The second-order valence-corrected chi connectivity index (χ2v) is 6.57. The zero-order valence-electron chi connectivity index (χ0n) is 14.2. The molecule has 0 unspecified atom stereocenters. The van der Waals surface area contributed by atoms with Crippen LogP contribution >= 0.6 is 0 Å². The molecule has 4 heteroatoms. The Morgan fingerprint density at radius 2 is 1.71 bits per heavy atom. The van der Waals surface area contributed by atoms with E-state index < -0.39 is 0 Å². The maximum Gasteiger partial charge on any atom is 0.241 e. The first-order valence-electron chi connectivity index (χ1n) is 7.52. The molecule has 4 nitrogen and oxygen atoms in total. The first kappa shape index (κ1) is 17.5. The average Bonchev–Trinajstić information content (AvgIpc) is 2.42. The lowest BCUT2D eigenvalue weighted by Gasteiger charge is -2.25. The molecule has 0 spiro atoms. The highest BCUT2D eigenvalue weighted by Gasteiger charge is 2.12. The molecule has 1 rings (SSSR count). The first-order valence-corrected chi connectivity index (χ1v) is 7.52. The van der Waals surface area contributed by atoms with Crippen LogP contribution in [0.4, 0.5) is 5.69 Å². The summed E-state index contributed by atoms with van der Waals surface area (Å²) in [7, 11) is 3.58. The quantitative estimate of drug-likeness (QED) is 0.874. The minimum Gasteiger partial charge on any atom is -0.362 e. The fourth-order valence-corrected chi connectivity index (χ4v) is 1.88. The van der Waals surface area contributed by atoms with Crippen LogP contribution in [-0.4, -0.2) is 43.5 Å². The van der Waals surface area contributed by atoms with Gasteiger partial charge < -0.3 is 15.1 Å². The van der Waals surface area contributed by atoms with Gasteiger partial charge in [0.15, 0.2) is 0 Å². The van der Waals surface area contributed by atoms with E-state index >= 15 is 0 Å². The zero-order chi connectivity index (χ0) is 16.0. The molecule has 1 aromatic rings. The molecular formula is C17H29N3O. The molecule has 0 aliphatic heterocycles. The molecule has 1 amide bonds. The van der Waals surface area contributed by atoms with Crippen LogP contribution in [-0.2, 0) is 11.3 Å². The third-order valence-electron chi connectivity index (χ3n) is 3.33. The van der Waals surface area contributed by atoms with Crippen LogP contribution in [0.25, 0.3) is 0 Å². The number of likely N-dealkylation sites (N-methyl/N-ethyl adjacent to an activating group) is 2. The number of nitrogens with zero attached hydrogens (tertiary/aromatic N) is 2. The minimum absolute atomic E-state index is 0.117. The van der Waals surface area contributed by atoms with Gasteiger partial charge >= 0.3 is 0 Å². The number of amides is 1. The molecule has 0 aromatic heterocycles. The highest BCUT2D eigenvalue weighted by Crippen LogP contribution is 2.15. The van der Waals surface area contributed by atoms with E-state index in [1.807, 2.05) is 0 Å².